The average molecular weight is 537 g/mol. The molecule has 8 nitrogen and oxygen atoms in total. The van der Waals surface area contributed by atoms with E-state index in [2.05, 4.69) is 11.6 Å². The van der Waals surface area contributed by atoms with Gasteiger partial charge in [0.25, 0.3) is 5.78 Å². The molecule has 4 rings (SSSR count). The first kappa shape index (κ1) is 26.7. The van der Waals surface area contributed by atoms with Crippen LogP contribution in [0.5, 0.6) is 5.75 Å². The van der Waals surface area contributed by atoms with Crippen LogP contribution in [0.2, 0.25) is 0 Å². The molecule has 0 saturated carbocycles. The van der Waals surface area contributed by atoms with E-state index in [9.17, 15) is 23.9 Å². The molecule has 0 aliphatic carbocycles. The Kier molecular flexibility index (Phi) is 7.72. The van der Waals surface area contributed by atoms with Crippen molar-refractivity contribution in [3.05, 3.63) is 93.8 Å². The van der Waals surface area contributed by atoms with Crippen molar-refractivity contribution in [1.82, 2.24) is 4.98 Å². The molecule has 3 aromatic rings. The molecule has 0 spiro atoms. The summed E-state index contributed by atoms with van der Waals surface area (Å²) in [5.74, 6) is -2.84. The lowest BCUT2D eigenvalue weighted by atomic mass is 9.94. The Labute approximate surface area is 222 Å². The minimum atomic E-state index is -1.12. The number of anilines is 1. The first-order valence-electron chi connectivity index (χ1n) is 11.7. The first-order chi connectivity index (χ1) is 18.2. The quantitative estimate of drug-likeness (QED) is 0.138. The number of aliphatic hydroxyl groups is 1. The maximum Gasteiger partial charge on any atom is 0.350 e. The summed E-state index contributed by atoms with van der Waals surface area (Å²) < 4.78 is 24.4. The zero-order chi connectivity index (χ0) is 27.6. The van der Waals surface area contributed by atoms with Gasteiger partial charge in [-0.15, -0.1) is 0 Å². The topological polar surface area (TPSA) is 106 Å². The fourth-order valence-corrected chi connectivity index (χ4v) is 5.14. The third-order valence-corrected chi connectivity index (χ3v) is 7.04. The Hall–Kier alpha value is -4.31. The second kappa shape index (κ2) is 11.0. The Morgan fingerprint density at radius 2 is 1.92 bits per heavy atom. The summed E-state index contributed by atoms with van der Waals surface area (Å²) in [6.07, 6.45) is 1.60. The van der Waals surface area contributed by atoms with E-state index < -0.39 is 35.3 Å². The van der Waals surface area contributed by atoms with Crippen molar-refractivity contribution < 1.29 is 33.4 Å². The van der Waals surface area contributed by atoms with Gasteiger partial charge in [-0.25, -0.2) is 14.2 Å². The van der Waals surface area contributed by atoms with E-state index >= 15 is 0 Å². The molecule has 1 saturated heterocycles. The van der Waals surface area contributed by atoms with Gasteiger partial charge in [-0.1, -0.05) is 36.1 Å². The molecule has 1 amide bonds. The minimum absolute atomic E-state index is 0.0749. The van der Waals surface area contributed by atoms with Gasteiger partial charge in [-0.05, 0) is 62.2 Å². The van der Waals surface area contributed by atoms with E-state index in [4.69, 9.17) is 9.47 Å². The molecule has 1 aromatic heterocycles. The van der Waals surface area contributed by atoms with Gasteiger partial charge in [0.2, 0.25) is 0 Å². The summed E-state index contributed by atoms with van der Waals surface area (Å²) in [5.41, 5.74) is 1.44. The molecule has 196 valence electrons. The van der Waals surface area contributed by atoms with E-state index in [1.807, 2.05) is 0 Å². The predicted molar refractivity (Wildman–Crippen MR) is 141 cm³/mol. The van der Waals surface area contributed by atoms with Crippen LogP contribution in [0.15, 0.2) is 60.7 Å². The highest BCUT2D eigenvalue weighted by atomic mass is 32.1. The van der Waals surface area contributed by atoms with Gasteiger partial charge in [-0.3, -0.25) is 14.5 Å². The number of hydrogen-bond donors (Lipinski definition) is 1. The highest BCUT2D eigenvalue weighted by molar-refractivity contribution is 7.17. The number of halogens is 1. The standard InChI is InChI=1S/C28H25FN2O6S/c1-5-13-37-19-11-12-20(15(3)14-19)23(32)21-22(17-7-9-18(29)10-8-17)31(26(34)24(21)33)28-30-16(4)25(38-28)27(35)36-6-2/h5,7-12,14,22,32H,1,6,13H2,2-4H3. The van der Waals surface area contributed by atoms with Crippen LogP contribution in [0.1, 0.15) is 45.0 Å². The smallest absolute Gasteiger partial charge is 0.350 e. The molecule has 2 heterocycles. The fraction of sp³-hybridized carbons (Fsp3) is 0.214. The van der Waals surface area contributed by atoms with Crippen LogP contribution >= 0.6 is 11.3 Å². The highest BCUT2D eigenvalue weighted by Gasteiger charge is 2.48. The number of aromatic nitrogens is 1. The number of thiazole rings is 1. The summed E-state index contributed by atoms with van der Waals surface area (Å²) in [5, 5.41) is 11.5. The SMILES string of the molecule is C=CCOc1ccc(C(O)=C2C(=O)C(=O)N(c3nc(C)c(C(=O)OCC)s3)C2c2ccc(F)cc2)c(C)c1. The Morgan fingerprint density at radius 1 is 1.21 bits per heavy atom. The molecule has 0 radical (unpaired) electrons. The van der Waals surface area contributed by atoms with Gasteiger partial charge in [0.15, 0.2) is 5.13 Å². The molecular weight excluding hydrogens is 511 g/mol. The Morgan fingerprint density at radius 3 is 2.55 bits per heavy atom. The molecule has 1 fully saturated rings. The summed E-state index contributed by atoms with van der Waals surface area (Å²) in [7, 11) is 0. The Balaban J connectivity index is 1.88. The van der Waals surface area contributed by atoms with Gasteiger partial charge >= 0.3 is 11.9 Å². The molecule has 1 aliphatic rings. The highest BCUT2D eigenvalue weighted by Crippen LogP contribution is 2.44. The number of amides is 1. The van der Waals surface area contributed by atoms with Crippen molar-refractivity contribution in [2.24, 2.45) is 0 Å². The third-order valence-electron chi connectivity index (χ3n) is 5.90. The van der Waals surface area contributed by atoms with Crippen LogP contribution in [0, 0.1) is 19.7 Å². The lowest BCUT2D eigenvalue weighted by Gasteiger charge is -2.23. The molecule has 1 aliphatic heterocycles. The molecule has 1 unspecified atom stereocenters. The number of carbonyl (C=O) groups is 3. The number of benzene rings is 2. The van der Waals surface area contributed by atoms with Gasteiger partial charge in [0.05, 0.1) is 23.9 Å². The second-order valence-electron chi connectivity index (χ2n) is 8.43. The van der Waals surface area contributed by atoms with Crippen molar-refractivity contribution in [2.45, 2.75) is 26.8 Å². The number of rotatable bonds is 8. The largest absolute Gasteiger partial charge is 0.507 e. The predicted octanol–water partition coefficient (Wildman–Crippen LogP) is 5.27. The number of carbonyl (C=O) groups excluding carboxylic acids is 3. The lowest BCUT2D eigenvalue weighted by molar-refractivity contribution is -0.132. The van der Waals surface area contributed by atoms with E-state index in [1.54, 1.807) is 45.0 Å². The third kappa shape index (κ3) is 4.95. The summed E-state index contributed by atoms with van der Waals surface area (Å²) in [6, 6.07) is 9.04. The molecular formula is C28H25FN2O6S. The molecule has 1 N–H and O–H groups in total. The summed E-state index contributed by atoms with van der Waals surface area (Å²) in [6.45, 7) is 9.05. The van der Waals surface area contributed by atoms with E-state index in [1.165, 1.54) is 24.3 Å². The summed E-state index contributed by atoms with van der Waals surface area (Å²) >= 11 is 0.899. The number of hydrogen-bond acceptors (Lipinski definition) is 8. The molecule has 1 atom stereocenters. The van der Waals surface area contributed by atoms with Crippen molar-refractivity contribution >= 4 is 39.9 Å². The monoisotopic (exact) mass is 536 g/mol. The van der Waals surface area contributed by atoms with Gasteiger partial charge in [-0.2, -0.15) is 0 Å². The number of aliphatic hydroxyl groups excluding tert-OH is 1. The van der Waals surface area contributed by atoms with Crippen molar-refractivity contribution in [3.63, 3.8) is 0 Å². The van der Waals surface area contributed by atoms with Crippen LogP contribution in [0.3, 0.4) is 0 Å². The number of esters is 1. The average Bonchev–Trinajstić information content (AvgIpc) is 3.39. The fourth-order valence-electron chi connectivity index (χ4n) is 4.15. The van der Waals surface area contributed by atoms with Crippen LogP contribution in [-0.4, -0.2) is 41.0 Å². The molecule has 10 heteroatoms. The van der Waals surface area contributed by atoms with Crippen molar-refractivity contribution in [1.29, 1.82) is 0 Å². The van der Waals surface area contributed by atoms with Crippen LogP contribution in [0.4, 0.5) is 9.52 Å². The first-order valence-corrected chi connectivity index (χ1v) is 12.5. The van der Waals surface area contributed by atoms with Gasteiger partial charge in [0, 0.05) is 5.56 Å². The summed E-state index contributed by atoms with van der Waals surface area (Å²) in [4.78, 5) is 44.8. The maximum absolute atomic E-state index is 13.8. The van der Waals surface area contributed by atoms with Crippen LogP contribution < -0.4 is 9.64 Å². The van der Waals surface area contributed by atoms with Crippen LogP contribution in [0.25, 0.3) is 5.76 Å². The minimum Gasteiger partial charge on any atom is -0.507 e. The van der Waals surface area contributed by atoms with Gasteiger partial charge in [0.1, 0.15) is 28.8 Å². The van der Waals surface area contributed by atoms with Crippen molar-refractivity contribution in [2.75, 3.05) is 18.1 Å². The number of aryl methyl sites for hydroxylation is 2. The van der Waals surface area contributed by atoms with Crippen molar-refractivity contribution in [3.8, 4) is 5.75 Å². The number of nitrogens with zero attached hydrogens (tertiary/aromatic N) is 2. The van der Waals surface area contributed by atoms with Crippen LogP contribution in [-0.2, 0) is 14.3 Å². The zero-order valence-electron chi connectivity index (χ0n) is 21.0. The lowest BCUT2D eigenvalue weighted by Crippen LogP contribution is -2.29. The second-order valence-corrected chi connectivity index (χ2v) is 9.41. The Bertz CT molecular complexity index is 1460. The normalized spacial score (nSPS) is 16.5. The molecule has 38 heavy (non-hydrogen) atoms. The number of ether oxygens (including phenoxy) is 2. The number of ketones is 1. The van der Waals surface area contributed by atoms with E-state index in [-0.39, 0.29) is 22.2 Å². The number of Topliss-reactive ketones (excluding diaryl/α,β-unsaturated/α-hetero) is 1. The van der Waals surface area contributed by atoms with E-state index in [0.29, 0.717) is 34.7 Å². The van der Waals surface area contributed by atoms with E-state index in [0.717, 1.165) is 16.2 Å². The zero-order valence-corrected chi connectivity index (χ0v) is 21.8. The maximum atomic E-state index is 13.8. The molecule has 2 aromatic carbocycles. The molecule has 0 bridgehead atoms. The van der Waals surface area contributed by atoms with Gasteiger partial charge < -0.3 is 14.6 Å².